The van der Waals surface area contributed by atoms with E-state index in [2.05, 4.69) is 5.32 Å². The molecule has 2 aromatic rings. The Morgan fingerprint density at radius 3 is 2.33 bits per heavy atom. The predicted octanol–water partition coefficient (Wildman–Crippen LogP) is 3.64. The molecule has 8 heteroatoms. The normalized spacial score (nSPS) is 15.2. The zero-order valence-corrected chi connectivity index (χ0v) is 20.1. The summed E-state index contributed by atoms with van der Waals surface area (Å²) in [6.07, 6.45) is 7.75. The molecule has 1 aliphatic rings. The minimum Gasteiger partial charge on any atom is -0.497 e. The number of nitrogens with zero attached hydrogens (tertiary/aromatic N) is 1. The Morgan fingerprint density at radius 2 is 1.70 bits per heavy atom. The first-order chi connectivity index (χ1) is 15.9. The molecule has 2 aromatic carbocycles. The van der Waals surface area contributed by atoms with E-state index in [9.17, 15) is 13.2 Å². The highest BCUT2D eigenvalue weighted by atomic mass is 32.2. The fourth-order valence-corrected chi connectivity index (χ4v) is 5.29. The molecular formula is C25H32N2O5S. The third-order valence-electron chi connectivity index (χ3n) is 5.69. The van der Waals surface area contributed by atoms with Gasteiger partial charge < -0.3 is 14.8 Å². The number of ether oxygens (including phenoxy) is 2. The first-order valence-electron chi connectivity index (χ1n) is 11.2. The molecule has 1 aliphatic heterocycles. The number of carbonyl (C=O) groups excluding carboxylic acids is 1. The van der Waals surface area contributed by atoms with Crippen molar-refractivity contribution in [2.75, 3.05) is 33.9 Å². The molecule has 1 fully saturated rings. The molecule has 3 rings (SSSR count). The number of amides is 1. The van der Waals surface area contributed by atoms with Crippen molar-refractivity contribution in [1.82, 2.24) is 9.62 Å². The van der Waals surface area contributed by atoms with E-state index in [1.165, 1.54) is 6.08 Å². The molecule has 0 radical (unpaired) electrons. The zero-order valence-electron chi connectivity index (χ0n) is 19.2. The molecule has 1 heterocycles. The van der Waals surface area contributed by atoms with Crippen LogP contribution in [0.2, 0.25) is 0 Å². The third kappa shape index (κ3) is 6.82. The number of hydrogen-bond donors (Lipinski definition) is 1. The molecule has 0 saturated carbocycles. The summed E-state index contributed by atoms with van der Waals surface area (Å²) < 4.78 is 37.8. The van der Waals surface area contributed by atoms with Crippen molar-refractivity contribution >= 4 is 22.0 Å². The van der Waals surface area contributed by atoms with Gasteiger partial charge in [-0.25, -0.2) is 8.42 Å². The second-order valence-corrected chi connectivity index (χ2v) is 9.88. The van der Waals surface area contributed by atoms with Crippen LogP contribution in [0.25, 0.3) is 6.08 Å². The van der Waals surface area contributed by atoms with Crippen molar-refractivity contribution in [3.05, 3.63) is 59.7 Å². The van der Waals surface area contributed by atoms with Crippen LogP contribution in [-0.4, -0.2) is 52.5 Å². The molecule has 0 spiro atoms. The van der Waals surface area contributed by atoms with Gasteiger partial charge in [0.05, 0.1) is 19.1 Å². The molecule has 0 unspecified atom stereocenters. The van der Waals surface area contributed by atoms with Gasteiger partial charge in [0, 0.05) is 37.3 Å². The predicted molar refractivity (Wildman–Crippen MR) is 129 cm³/mol. The van der Waals surface area contributed by atoms with E-state index in [4.69, 9.17) is 9.47 Å². The van der Waals surface area contributed by atoms with E-state index in [1.807, 2.05) is 18.2 Å². The zero-order chi connectivity index (χ0) is 23.7. The molecule has 0 bridgehead atoms. The smallest absolute Gasteiger partial charge is 0.244 e. The number of nitrogens with one attached hydrogen (secondary N) is 1. The highest BCUT2D eigenvalue weighted by molar-refractivity contribution is 7.89. The number of rotatable bonds is 9. The van der Waals surface area contributed by atoms with Gasteiger partial charge >= 0.3 is 0 Å². The lowest BCUT2D eigenvalue weighted by Gasteiger charge is -2.20. The van der Waals surface area contributed by atoms with Crippen molar-refractivity contribution in [2.45, 2.75) is 37.0 Å². The first kappa shape index (κ1) is 24.8. The van der Waals surface area contributed by atoms with Crippen LogP contribution in [0.4, 0.5) is 0 Å². The monoisotopic (exact) mass is 472 g/mol. The van der Waals surface area contributed by atoms with Crippen LogP contribution in [0.15, 0.2) is 53.4 Å². The van der Waals surface area contributed by atoms with Crippen LogP contribution in [0.1, 0.15) is 36.8 Å². The van der Waals surface area contributed by atoms with Gasteiger partial charge in [-0.3, -0.25) is 4.79 Å². The average Bonchev–Trinajstić information content (AvgIpc) is 3.13. The Morgan fingerprint density at radius 1 is 1.00 bits per heavy atom. The minimum absolute atomic E-state index is 0.215. The lowest BCUT2D eigenvalue weighted by molar-refractivity contribution is -0.116. The van der Waals surface area contributed by atoms with Crippen molar-refractivity contribution in [3.63, 3.8) is 0 Å². The quantitative estimate of drug-likeness (QED) is 0.563. The van der Waals surface area contributed by atoms with Gasteiger partial charge in [-0.15, -0.1) is 0 Å². The molecule has 178 valence electrons. The summed E-state index contributed by atoms with van der Waals surface area (Å²) in [6.45, 7) is 1.62. The topological polar surface area (TPSA) is 84.9 Å². The lowest BCUT2D eigenvalue weighted by atomic mass is 10.1. The van der Waals surface area contributed by atoms with Crippen molar-refractivity contribution in [2.24, 2.45) is 0 Å². The molecule has 0 atom stereocenters. The number of carbonyl (C=O) groups is 1. The summed E-state index contributed by atoms with van der Waals surface area (Å²) in [4.78, 5) is 12.5. The van der Waals surface area contributed by atoms with Crippen LogP contribution < -0.4 is 14.8 Å². The number of hydrogen-bond acceptors (Lipinski definition) is 5. The van der Waals surface area contributed by atoms with Gasteiger partial charge in [-0.1, -0.05) is 25.0 Å². The number of sulfonamides is 1. The summed E-state index contributed by atoms with van der Waals surface area (Å²) in [7, 11) is -0.294. The molecule has 7 nitrogen and oxygen atoms in total. The van der Waals surface area contributed by atoms with Gasteiger partial charge in [-0.2, -0.15) is 4.31 Å². The Hall–Kier alpha value is -2.84. The van der Waals surface area contributed by atoms with E-state index in [0.29, 0.717) is 42.4 Å². The molecule has 1 N–H and O–H groups in total. The molecule has 0 aliphatic carbocycles. The summed E-state index contributed by atoms with van der Waals surface area (Å²) in [6, 6.07) is 12.3. The van der Waals surface area contributed by atoms with Gasteiger partial charge in [0.1, 0.15) is 11.5 Å². The molecular weight excluding hydrogens is 440 g/mol. The SMILES string of the molecule is COc1ccc(/C=C/C(=O)NCCc2ccc(S(=O)(=O)N3CCCCCC3)cc2)c(OC)c1. The summed E-state index contributed by atoms with van der Waals surface area (Å²) >= 11 is 0. The molecule has 1 amide bonds. The maximum absolute atomic E-state index is 12.9. The number of methoxy groups -OCH3 is 2. The van der Waals surface area contributed by atoms with Gasteiger partial charge in [-0.05, 0) is 55.2 Å². The average molecular weight is 473 g/mol. The van der Waals surface area contributed by atoms with Gasteiger partial charge in [0.2, 0.25) is 15.9 Å². The number of benzene rings is 2. The Labute approximate surface area is 196 Å². The minimum atomic E-state index is -3.44. The first-order valence-corrected chi connectivity index (χ1v) is 12.6. The van der Waals surface area contributed by atoms with Crippen LogP contribution >= 0.6 is 0 Å². The summed E-state index contributed by atoms with van der Waals surface area (Å²) in [5.74, 6) is 1.08. The van der Waals surface area contributed by atoms with Gasteiger partial charge in [0.25, 0.3) is 0 Å². The highest BCUT2D eigenvalue weighted by Crippen LogP contribution is 2.25. The largest absolute Gasteiger partial charge is 0.497 e. The Kier molecular flexibility index (Phi) is 8.91. The molecule has 33 heavy (non-hydrogen) atoms. The van der Waals surface area contributed by atoms with Crippen LogP contribution in [0, 0.1) is 0 Å². The van der Waals surface area contributed by atoms with Gasteiger partial charge in [0.15, 0.2) is 0 Å². The van der Waals surface area contributed by atoms with Crippen LogP contribution in [-0.2, 0) is 21.2 Å². The summed E-state index contributed by atoms with van der Waals surface area (Å²) in [5.41, 5.74) is 1.74. The van der Waals surface area contributed by atoms with E-state index in [-0.39, 0.29) is 5.91 Å². The molecule has 0 aromatic heterocycles. The fraction of sp³-hybridized carbons (Fsp3) is 0.400. The fourth-order valence-electron chi connectivity index (χ4n) is 3.77. The van der Waals surface area contributed by atoms with Crippen molar-refractivity contribution in [1.29, 1.82) is 0 Å². The lowest BCUT2D eigenvalue weighted by Crippen LogP contribution is -2.31. The van der Waals surface area contributed by atoms with Crippen LogP contribution in [0.5, 0.6) is 11.5 Å². The third-order valence-corrected chi connectivity index (χ3v) is 7.61. The second-order valence-electron chi connectivity index (χ2n) is 7.94. The van der Waals surface area contributed by atoms with E-state index in [0.717, 1.165) is 36.8 Å². The van der Waals surface area contributed by atoms with E-state index < -0.39 is 10.0 Å². The molecule has 1 saturated heterocycles. The van der Waals surface area contributed by atoms with Crippen LogP contribution in [0.3, 0.4) is 0 Å². The van der Waals surface area contributed by atoms with Crippen molar-refractivity contribution < 1.29 is 22.7 Å². The highest BCUT2D eigenvalue weighted by Gasteiger charge is 2.24. The van der Waals surface area contributed by atoms with E-state index >= 15 is 0 Å². The standard InChI is InChI=1S/C25H32N2O5S/c1-31-22-11-9-21(24(19-22)32-2)10-14-25(28)26-16-15-20-7-12-23(13-8-20)33(29,30)27-17-5-3-4-6-18-27/h7-14,19H,3-6,15-18H2,1-2H3,(H,26,28)/b14-10+. The maximum atomic E-state index is 12.9. The summed E-state index contributed by atoms with van der Waals surface area (Å²) in [5, 5.41) is 2.85. The van der Waals surface area contributed by atoms with E-state index in [1.54, 1.807) is 48.9 Å². The Bertz CT molecular complexity index is 1060. The van der Waals surface area contributed by atoms with Crippen molar-refractivity contribution in [3.8, 4) is 11.5 Å². The second kappa shape index (κ2) is 11.9. The maximum Gasteiger partial charge on any atom is 0.244 e. The Balaban J connectivity index is 1.51.